The van der Waals surface area contributed by atoms with Crippen LogP contribution in [0.4, 0.5) is 0 Å². The van der Waals surface area contributed by atoms with Crippen LogP contribution >= 0.6 is 15.9 Å². The molecule has 2 N–H and O–H groups in total. The monoisotopic (exact) mass is 346 g/mol. The molecule has 0 amide bonds. The first-order chi connectivity index (χ1) is 10.1. The van der Waals surface area contributed by atoms with E-state index in [0.717, 1.165) is 27.5 Å². The maximum Gasteiger partial charge on any atom is 0.311 e. The van der Waals surface area contributed by atoms with E-state index in [-0.39, 0.29) is 6.04 Å². The molecule has 2 atom stereocenters. The van der Waals surface area contributed by atoms with Gasteiger partial charge in [0.1, 0.15) is 0 Å². The number of rotatable bonds is 1. The molecule has 0 bridgehead atoms. The largest absolute Gasteiger partial charge is 0.481 e. The number of nitrogens with one attached hydrogen (secondary N) is 1. The smallest absolute Gasteiger partial charge is 0.311 e. The van der Waals surface area contributed by atoms with Gasteiger partial charge in [0.15, 0.2) is 0 Å². The fourth-order valence-electron chi connectivity index (χ4n) is 3.64. The number of likely N-dealkylation sites (N-methyl/N-ethyl adjacent to an activating group) is 1. The summed E-state index contributed by atoms with van der Waals surface area (Å²) in [5.41, 5.74) is 4.71. The standard InChI is InChI=1S/C16H15BrN2O2/c1-19-7-9(16(20)21)4-10-13(19)5-8-6-18-12-3-2-11(17)15(10)14(8)12/h2-4,6,9,13,18H,5,7H2,1H3,(H,20,21). The van der Waals surface area contributed by atoms with Gasteiger partial charge >= 0.3 is 5.97 Å². The van der Waals surface area contributed by atoms with E-state index < -0.39 is 11.9 Å². The van der Waals surface area contributed by atoms with Crippen LogP contribution in [0.3, 0.4) is 0 Å². The van der Waals surface area contributed by atoms with E-state index in [9.17, 15) is 9.90 Å². The van der Waals surface area contributed by atoms with Gasteiger partial charge in [-0.1, -0.05) is 22.0 Å². The Balaban J connectivity index is 2.01. The average Bonchev–Trinajstić information content (AvgIpc) is 2.86. The predicted molar refractivity (Wildman–Crippen MR) is 85.2 cm³/mol. The van der Waals surface area contributed by atoms with Crippen molar-refractivity contribution < 1.29 is 9.90 Å². The lowest BCUT2D eigenvalue weighted by atomic mass is 9.80. The van der Waals surface area contributed by atoms with Crippen molar-refractivity contribution in [3.8, 4) is 0 Å². The lowest BCUT2D eigenvalue weighted by molar-refractivity contribution is -0.140. The second-order valence-electron chi connectivity index (χ2n) is 5.89. The van der Waals surface area contributed by atoms with Crippen molar-refractivity contribution in [2.24, 2.45) is 5.92 Å². The van der Waals surface area contributed by atoms with Crippen molar-refractivity contribution in [2.75, 3.05) is 13.6 Å². The van der Waals surface area contributed by atoms with Gasteiger partial charge in [-0.3, -0.25) is 9.69 Å². The number of halogens is 1. The molecule has 4 rings (SSSR count). The summed E-state index contributed by atoms with van der Waals surface area (Å²) < 4.78 is 1.03. The molecular weight excluding hydrogens is 332 g/mol. The molecule has 1 aliphatic carbocycles. The summed E-state index contributed by atoms with van der Waals surface area (Å²) in [7, 11) is 2.01. The van der Waals surface area contributed by atoms with Crippen LogP contribution in [-0.4, -0.2) is 40.6 Å². The van der Waals surface area contributed by atoms with Gasteiger partial charge in [-0.25, -0.2) is 0 Å². The second-order valence-corrected chi connectivity index (χ2v) is 6.74. The Morgan fingerprint density at radius 2 is 2.29 bits per heavy atom. The van der Waals surface area contributed by atoms with Crippen LogP contribution in [0.2, 0.25) is 0 Å². The fraction of sp³-hybridized carbons (Fsp3) is 0.312. The molecule has 2 aliphatic rings. The Bertz CT molecular complexity index is 793. The Labute approximate surface area is 130 Å². The van der Waals surface area contributed by atoms with Crippen LogP contribution in [0.15, 0.2) is 28.9 Å². The number of hydrogen-bond acceptors (Lipinski definition) is 2. The highest BCUT2D eigenvalue weighted by Gasteiger charge is 2.36. The van der Waals surface area contributed by atoms with Gasteiger partial charge in [0.25, 0.3) is 0 Å². The van der Waals surface area contributed by atoms with Gasteiger partial charge in [-0.15, -0.1) is 0 Å². The Hall–Kier alpha value is -1.59. The summed E-state index contributed by atoms with van der Waals surface area (Å²) in [6.45, 7) is 0.566. The maximum absolute atomic E-state index is 11.4. The van der Waals surface area contributed by atoms with E-state index >= 15 is 0 Å². The molecule has 2 heterocycles. The van der Waals surface area contributed by atoms with Gasteiger partial charge in [0.05, 0.1) is 5.92 Å². The zero-order valence-corrected chi connectivity index (χ0v) is 13.1. The van der Waals surface area contributed by atoms with Gasteiger partial charge in [-0.2, -0.15) is 0 Å². The summed E-state index contributed by atoms with van der Waals surface area (Å²) in [6.07, 6.45) is 4.95. The van der Waals surface area contributed by atoms with E-state index in [4.69, 9.17) is 0 Å². The molecule has 1 aliphatic heterocycles. The number of hydrogen-bond donors (Lipinski definition) is 2. The number of fused-ring (bicyclic) bond motifs is 2. The summed E-state index contributed by atoms with van der Waals surface area (Å²) >= 11 is 3.65. The van der Waals surface area contributed by atoms with Crippen LogP contribution in [0.1, 0.15) is 11.1 Å². The molecule has 2 aromatic rings. The Morgan fingerprint density at radius 1 is 1.48 bits per heavy atom. The minimum Gasteiger partial charge on any atom is -0.481 e. The molecule has 2 unspecified atom stereocenters. The van der Waals surface area contributed by atoms with Gasteiger partial charge in [0.2, 0.25) is 0 Å². The number of carboxylic acid groups (broad SMARTS) is 1. The van der Waals surface area contributed by atoms with Gasteiger partial charge in [-0.05, 0) is 36.7 Å². The number of nitrogens with zero attached hydrogens (tertiary/aromatic N) is 1. The van der Waals surface area contributed by atoms with Crippen molar-refractivity contribution in [3.63, 3.8) is 0 Å². The molecule has 5 heteroatoms. The van der Waals surface area contributed by atoms with Crippen molar-refractivity contribution in [1.29, 1.82) is 0 Å². The third-order valence-electron chi connectivity index (χ3n) is 4.65. The SMILES string of the molecule is CN1CC(C(=O)O)C=C2c3c(Br)ccc4[nH]cc(c34)CC21. The molecule has 0 radical (unpaired) electrons. The zero-order valence-electron chi connectivity index (χ0n) is 11.6. The number of carbonyl (C=O) groups is 1. The summed E-state index contributed by atoms with van der Waals surface area (Å²) in [5.74, 6) is -1.19. The molecule has 1 aromatic carbocycles. The van der Waals surface area contributed by atoms with E-state index in [0.29, 0.717) is 6.54 Å². The number of benzene rings is 1. The summed E-state index contributed by atoms with van der Waals surface area (Å²) in [4.78, 5) is 16.9. The zero-order chi connectivity index (χ0) is 14.7. The van der Waals surface area contributed by atoms with Crippen LogP contribution in [0.25, 0.3) is 16.5 Å². The lowest BCUT2D eigenvalue weighted by Gasteiger charge is -2.39. The van der Waals surface area contributed by atoms with Crippen molar-refractivity contribution in [2.45, 2.75) is 12.5 Å². The van der Waals surface area contributed by atoms with Gasteiger partial charge < -0.3 is 10.1 Å². The van der Waals surface area contributed by atoms with Crippen molar-refractivity contribution in [3.05, 3.63) is 40.0 Å². The first-order valence-electron chi connectivity index (χ1n) is 7.00. The second kappa shape index (κ2) is 4.45. The predicted octanol–water partition coefficient (Wildman–Crippen LogP) is 2.88. The number of aromatic nitrogens is 1. The molecule has 0 spiro atoms. The summed E-state index contributed by atoms with van der Waals surface area (Å²) in [5, 5.41) is 10.6. The number of H-pyrrole nitrogens is 1. The fourth-order valence-corrected chi connectivity index (χ4v) is 4.20. The molecule has 0 saturated carbocycles. The normalized spacial score (nSPS) is 24.8. The van der Waals surface area contributed by atoms with E-state index in [1.165, 1.54) is 10.9 Å². The van der Waals surface area contributed by atoms with Crippen LogP contribution in [0, 0.1) is 5.92 Å². The van der Waals surface area contributed by atoms with E-state index in [2.05, 4.69) is 38.1 Å². The molecule has 108 valence electrons. The molecule has 21 heavy (non-hydrogen) atoms. The van der Waals surface area contributed by atoms with Crippen molar-refractivity contribution in [1.82, 2.24) is 9.88 Å². The van der Waals surface area contributed by atoms with Crippen LogP contribution in [-0.2, 0) is 11.2 Å². The third kappa shape index (κ3) is 1.80. The third-order valence-corrected chi connectivity index (χ3v) is 5.31. The number of carboxylic acids is 1. The number of aliphatic carboxylic acids is 1. The maximum atomic E-state index is 11.4. The topological polar surface area (TPSA) is 56.3 Å². The van der Waals surface area contributed by atoms with E-state index in [1.807, 2.05) is 19.2 Å². The lowest BCUT2D eigenvalue weighted by Crippen LogP contribution is -2.44. The highest BCUT2D eigenvalue weighted by atomic mass is 79.9. The molecule has 4 nitrogen and oxygen atoms in total. The minimum absolute atomic E-state index is 0.255. The van der Waals surface area contributed by atoms with Crippen molar-refractivity contribution >= 4 is 38.4 Å². The Morgan fingerprint density at radius 3 is 3.05 bits per heavy atom. The molecular formula is C16H15BrN2O2. The highest BCUT2D eigenvalue weighted by molar-refractivity contribution is 9.10. The summed E-state index contributed by atoms with van der Waals surface area (Å²) in [6, 6.07) is 4.35. The Kier molecular flexibility index (Phi) is 2.78. The quantitative estimate of drug-likeness (QED) is 0.834. The molecule has 1 aromatic heterocycles. The van der Waals surface area contributed by atoms with E-state index in [1.54, 1.807) is 0 Å². The van der Waals surface area contributed by atoms with Crippen LogP contribution < -0.4 is 0 Å². The minimum atomic E-state index is -0.754. The molecule has 0 fully saturated rings. The van der Waals surface area contributed by atoms with Gasteiger partial charge in [0, 0.05) is 39.7 Å². The first-order valence-corrected chi connectivity index (χ1v) is 7.79. The van der Waals surface area contributed by atoms with Crippen LogP contribution in [0.5, 0.6) is 0 Å². The first kappa shape index (κ1) is 13.1. The molecule has 0 saturated heterocycles. The number of aromatic amines is 1. The highest BCUT2D eigenvalue weighted by Crippen LogP contribution is 2.44. The average molecular weight is 347 g/mol.